The summed E-state index contributed by atoms with van der Waals surface area (Å²) in [6.07, 6.45) is 0. The van der Waals surface area contributed by atoms with Crippen LogP contribution in [0.15, 0.2) is 28.8 Å². The van der Waals surface area contributed by atoms with Gasteiger partial charge in [-0.25, -0.2) is 4.68 Å². The maximum atomic E-state index is 5.47. The van der Waals surface area contributed by atoms with Gasteiger partial charge in [0, 0.05) is 31.7 Å². The van der Waals surface area contributed by atoms with Gasteiger partial charge in [-0.1, -0.05) is 40.8 Å². The Labute approximate surface area is 167 Å². The second-order valence-corrected chi connectivity index (χ2v) is 8.58. The summed E-state index contributed by atoms with van der Waals surface area (Å²) in [5.74, 6) is 1.33. The van der Waals surface area contributed by atoms with Crippen molar-refractivity contribution in [2.24, 2.45) is 0 Å². The first kappa shape index (κ1) is 18.4. The molecule has 1 saturated heterocycles. The average molecular weight is 403 g/mol. The number of rotatable bonds is 5. The van der Waals surface area contributed by atoms with Gasteiger partial charge in [0.05, 0.1) is 13.2 Å². The van der Waals surface area contributed by atoms with Crippen LogP contribution in [0.2, 0.25) is 0 Å². The van der Waals surface area contributed by atoms with Crippen molar-refractivity contribution in [3.8, 4) is 11.4 Å². The van der Waals surface area contributed by atoms with E-state index in [1.165, 1.54) is 0 Å². The van der Waals surface area contributed by atoms with E-state index in [0.29, 0.717) is 18.3 Å². The van der Waals surface area contributed by atoms with Crippen molar-refractivity contribution in [2.75, 3.05) is 26.2 Å². The first-order valence-electron chi connectivity index (χ1n) is 8.96. The van der Waals surface area contributed by atoms with Crippen LogP contribution in [0.1, 0.15) is 16.5 Å². The Morgan fingerprint density at radius 2 is 1.85 bits per heavy atom. The van der Waals surface area contributed by atoms with Crippen molar-refractivity contribution in [1.29, 1.82) is 0 Å². The molecule has 142 valence electrons. The number of piperazine rings is 1. The molecule has 0 aliphatic carbocycles. The zero-order valence-electron chi connectivity index (χ0n) is 15.5. The molecule has 0 spiro atoms. The van der Waals surface area contributed by atoms with E-state index in [1.807, 2.05) is 29.8 Å². The van der Waals surface area contributed by atoms with E-state index in [4.69, 9.17) is 16.7 Å². The Morgan fingerprint density at radius 3 is 2.56 bits per heavy atom. The Morgan fingerprint density at radius 1 is 1.11 bits per heavy atom. The lowest BCUT2D eigenvalue weighted by Gasteiger charge is -2.33. The molecule has 1 aliphatic rings. The lowest BCUT2D eigenvalue weighted by Crippen LogP contribution is -2.46. The third kappa shape index (κ3) is 4.32. The van der Waals surface area contributed by atoms with Crippen molar-refractivity contribution in [1.82, 2.24) is 29.7 Å². The highest BCUT2D eigenvalue weighted by molar-refractivity contribution is 7.73. The molecular formula is C18H22N6OS2. The first-order valence-corrected chi connectivity index (χ1v) is 10.2. The number of hydrogen-bond donors (Lipinski definition) is 0. The average Bonchev–Trinajstić information content (AvgIpc) is 3.23. The second-order valence-electron chi connectivity index (χ2n) is 6.75. The summed E-state index contributed by atoms with van der Waals surface area (Å²) >= 11 is 6.92. The van der Waals surface area contributed by atoms with E-state index in [9.17, 15) is 0 Å². The zero-order chi connectivity index (χ0) is 18.8. The minimum absolute atomic E-state index is 0.662. The predicted octanol–water partition coefficient (Wildman–Crippen LogP) is 3.12. The Kier molecular flexibility index (Phi) is 5.44. The molecule has 2 aromatic heterocycles. The highest BCUT2D eigenvalue weighted by Crippen LogP contribution is 2.20. The van der Waals surface area contributed by atoms with Crippen LogP contribution < -0.4 is 0 Å². The van der Waals surface area contributed by atoms with Gasteiger partial charge in [0.2, 0.25) is 11.7 Å². The summed E-state index contributed by atoms with van der Waals surface area (Å²) in [5, 5.41) is 9.64. The van der Waals surface area contributed by atoms with E-state index in [1.54, 1.807) is 11.3 Å². The van der Waals surface area contributed by atoms with Gasteiger partial charge < -0.3 is 4.52 Å². The molecule has 0 atom stereocenters. The normalized spacial score (nSPS) is 16.1. The third-order valence-electron chi connectivity index (χ3n) is 4.72. The molecule has 9 heteroatoms. The lowest BCUT2D eigenvalue weighted by molar-refractivity contribution is 0.0910. The molecule has 27 heavy (non-hydrogen) atoms. The van der Waals surface area contributed by atoms with Crippen LogP contribution in [0.25, 0.3) is 11.4 Å². The highest BCUT2D eigenvalue weighted by Gasteiger charge is 2.20. The monoisotopic (exact) mass is 402 g/mol. The van der Waals surface area contributed by atoms with Crippen LogP contribution in [-0.2, 0) is 13.2 Å². The molecule has 0 unspecified atom stereocenters. The van der Waals surface area contributed by atoms with Crippen molar-refractivity contribution in [3.63, 3.8) is 0 Å². The summed E-state index contributed by atoms with van der Waals surface area (Å²) in [5.41, 5.74) is 2.17. The third-order valence-corrected chi connectivity index (χ3v) is 5.94. The molecule has 0 bridgehead atoms. The minimum atomic E-state index is 0.662. The Hall–Kier alpha value is -1.94. The maximum Gasteiger partial charge on any atom is 0.241 e. The van der Waals surface area contributed by atoms with Gasteiger partial charge >= 0.3 is 0 Å². The van der Waals surface area contributed by atoms with Gasteiger partial charge in [-0.2, -0.15) is 10.1 Å². The van der Waals surface area contributed by atoms with Gasteiger partial charge in [-0.15, -0.1) is 0 Å². The van der Waals surface area contributed by atoms with Gasteiger partial charge in [0.15, 0.2) is 3.95 Å². The molecule has 1 fully saturated rings. The maximum absolute atomic E-state index is 5.47. The summed E-state index contributed by atoms with van der Waals surface area (Å²) in [4.78, 5) is 9.29. The second kappa shape index (κ2) is 7.97. The van der Waals surface area contributed by atoms with E-state index in [0.717, 1.165) is 52.9 Å². The molecule has 3 aromatic rings. The standard InChI is InChI=1S/C18H22N6OS2/c1-13-5-3-4-6-15(13)17-19-16(25-21-17)11-22-7-9-23(10-8-22)12-24-18(26)27-14(2)20-24/h3-6H,7-12H2,1-2H3. The fourth-order valence-corrected chi connectivity index (χ4v) is 4.28. The van der Waals surface area contributed by atoms with Crippen molar-refractivity contribution < 1.29 is 4.52 Å². The number of nitrogens with zero attached hydrogens (tertiary/aromatic N) is 6. The smallest absolute Gasteiger partial charge is 0.241 e. The molecule has 4 rings (SSSR count). The van der Waals surface area contributed by atoms with Crippen LogP contribution in [0.4, 0.5) is 0 Å². The van der Waals surface area contributed by atoms with Crippen molar-refractivity contribution in [2.45, 2.75) is 27.1 Å². The molecule has 0 amide bonds. The summed E-state index contributed by atoms with van der Waals surface area (Å²) in [6, 6.07) is 8.09. The van der Waals surface area contributed by atoms with Gasteiger partial charge in [-0.05, 0) is 31.6 Å². The molecule has 0 N–H and O–H groups in total. The quantitative estimate of drug-likeness (QED) is 0.608. The molecular weight excluding hydrogens is 380 g/mol. The zero-order valence-corrected chi connectivity index (χ0v) is 17.1. The van der Waals surface area contributed by atoms with Crippen molar-refractivity contribution in [3.05, 3.63) is 44.7 Å². The van der Waals surface area contributed by atoms with Crippen molar-refractivity contribution >= 4 is 23.6 Å². The molecule has 1 aromatic carbocycles. The topological polar surface area (TPSA) is 63.2 Å². The molecule has 7 nitrogen and oxygen atoms in total. The number of aromatic nitrogens is 4. The van der Waals surface area contributed by atoms with Gasteiger partial charge in [0.1, 0.15) is 5.01 Å². The highest BCUT2D eigenvalue weighted by atomic mass is 32.1. The van der Waals surface area contributed by atoms with Crippen LogP contribution in [0, 0.1) is 17.8 Å². The molecule has 0 saturated carbocycles. The fraction of sp³-hybridized carbons (Fsp3) is 0.444. The van der Waals surface area contributed by atoms with Gasteiger partial charge in [0.25, 0.3) is 0 Å². The number of aryl methyl sites for hydroxylation is 2. The summed E-state index contributed by atoms with van der Waals surface area (Å²) in [6.45, 7) is 9.34. The Balaban J connectivity index is 1.33. The van der Waals surface area contributed by atoms with E-state index in [-0.39, 0.29) is 0 Å². The molecule has 3 heterocycles. The first-order chi connectivity index (χ1) is 13.1. The van der Waals surface area contributed by atoms with E-state index in [2.05, 4.69) is 38.0 Å². The number of benzene rings is 1. The predicted molar refractivity (Wildman–Crippen MR) is 107 cm³/mol. The summed E-state index contributed by atoms with van der Waals surface area (Å²) < 4.78 is 8.23. The lowest BCUT2D eigenvalue weighted by atomic mass is 10.1. The Bertz CT molecular complexity index is 970. The fourth-order valence-electron chi connectivity index (χ4n) is 3.22. The number of hydrogen-bond acceptors (Lipinski definition) is 8. The summed E-state index contributed by atoms with van der Waals surface area (Å²) in [7, 11) is 0. The van der Waals surface area contributed by atoms with Crippen LogP contribution in [0.3, 0.4) is 0 Å². The largest absolute Gasteiger partial charge is 0.338 e. The SMILES string of the molecule is Cc1nn(CN2CCN(Cc3nc(-c4ccccc4C)no3)CC2)c(=S)s1. The minimum Gasteiger partial charge on any atom is -0.338 e. The van der Waals surface area contributed by atoms with E-state index < -0.39 is 0 Å². The van der Waals surface area contributed by atoms with Crippen LogP contribution >= 0.6 is 23.6 Å². The van der Waals surface area contributed by atoms with Gasteiger partial charge in [-0.3, -0.25) is 9.80 Å². The molecule has 1 aliphatic heterocycles. The van der Waals surface area contributed by atoms with Crippen LogP contribution in [-0.4, -0.2) is 55.9 Å². The molecule has 0 radical (unpaired) electrons. The van der Waals surface area contributed by atoms with E-state index >= 15 is 0 Å². The van der Waals surface area contributed by atoms with Crippen LogP contribution in [0.5, 0.6) is 0 Å².